The van der Waals surface area contributed by atoms with E-state index in [-0.39, 0.29) is 6.04 Å². The van der Waals surface area contributed by atoms with E-state index in [1.54, 1.807) is 11.3 Å². The van der Waals surface area contributed by atoms with E-state index in [0.717, 1.165) is 23.5 Å². The first kappa shape index (κ1) is 12.2. The molecule has 1 aromatic heterocycles. The van der Waals surface area contributed by atoms with Crippen LogP contribution in [0.1, 0.15) is 28.7 Å². The molecule has 4 heteroatoms. The van der Waals surface area contributed by atoms with Crippen LogP contribution in [0.3, 0.4) is 0 Å². The third-order valence-corrected chi connectivity index (χ3v) is 3.55. The molecule has 0 amide bonds. The van der Waals surface area contributed by atoms with Crippen LogP contribution in [0.25, 0.3) is 0 Å². The first-order valence-electron chi connectivity index (χ1n) is 5.71. The second-order valence-corrected chi connectivity index (χ2v) is 5.10. The van der Waals surface area contributed by atoms with Crippen LogP contribution in [-0.2, 0) is 6.42 Å². The van der Waals surface area contributed by atoms with Crippen molar-refractivity contribution < 1.29 is 0 Å². The molecule has 0 aliphatic carbocycles. The summed E-state index contributed by atoms with van der Waals surface area (Å²) in [4.78, 5) is 4.47. The molecule has 0 saturated heterocycles. The van der Waals surface area contributed by atoms with Crippen LogP contribution in [0.15, 0.2) is 35.7 Å². The Hall–Kier alpha value is -1.23. The summed E-state index contributed by atoms with van der Waals surface area (Å²) in [5.74, 6) is 5.59. The van der Waals surface area contributed by atoms with Crippen molar-refractivity contribution in [2.24, 2.45) is 5.84 Å². The van der Waals surface area contributed by atoms with E-state index in [0.29, 0.717) is 0 Å². The number of hydrazine groups is 1. The van der Waals surface area contributed by atoms with Crippen LogP contribution >= 0.6 is 11.3 Å². The van der Waals surface area contributed by atoms with Crippen molar-refractivity contribution in [1.29, 1.82) is 0 Å². The third-order valence-electron chi connectivity index (χ3n) is 2.76. The standard InChI is InChI=1S/C13H17N3S/c1-10-15-13(9-17-10)12(16-14)8-7-11-5-3-2-4-6-11/h2-6,9,12,16H,7-8,14H2,1H3. The summed E-state index contributed by atoms with van der Waals surface area (Å²) in [5.41, 5.74) is 5.23. The van der Waals surface area contributed by atoms with Crippen LogP contribution in [0.4, 0.5) is 0 Å². The first-order valence-corrected chi connectivity index (χ1v) is 6.59. The number of nitrogens with one attached hydrogen (secondary N) is 1. The Morgan fingerprint density at radius 2 is 2.12 bits per heavy atom. The highest BCUT2D eigenvalue weighted by molar-refractivity contribution is 7.09. The van der Waals surface area contributed by atoms with Crippen LogP contribution in [0.5, 0.6) is 0 Å². The summed E-state index contributed by atoms with van der Waals surface area (Å²) in [7, 11) is 0. The van der Waals surface area contributed by atoms with Crippen LogP contribution < -0.4 is 11.3 Å². The van der Waals surface area contributed by atoms with E-state index < -0.39 is 0 Å². The molecular formula is C13H17N3S. The lowest BCUT2D eigenvalue weighted by Crippen LogP contribution is -2.28. The Kier molecular flexibility index (Phi) is 4.25. The topological polar surface area (TPSA) is 50.9 Å². The van der Waals surface area contributed by atoms with Gasteiger partial charge in [-0.25, -0.2) is 4.98 Å². The maximum Gasteiger partial charge on any atom is 0.0898 e. The number of nitrogens with two attached hydrogens (primary N) is 1. The van der Waals surface area contributed by atoms with Gasteiger partial charge >= 0.3 is 0 Å². The van der Waals surface area contributed by atoms with Crippen molar-refractivity contribution in [3.63, 3.8) is 0 Å². The van der Waals surface area contributed by atoms with Crippen LogP contribution in [0, 0.1) is 6.92 Å². The fraction of sp³-hybridized carbons (Fsp3) is 0.308. The highest BCUT2D eigenvalue weighted by Gasteiger charge is 2.12. The summed E-state index contributed by atoms with van der Waals surface area (Å²) in [6, 6.07) is 10.6. The van der Waals surface area contributed by atoms with E-state index >= 15 is 0 Å². The zero-order chi connectivity index (χ0) is 12.1. The van der Waals surface area contributed by atoms with Gasteiger partial charge in [0.15, 0.2) is 0 Å². The van der Waals surface area contributed by atoms with Gasteiger partial charge in [0.1, 0.15) is 0 Å². The second-order valence-electron chi connectivity index (χ2n) is 4.03. The molecule has 90 valence electrons. The molecule has 1 heterocycles. The smallest absolute Gasteiger partial charge is 0.0898 e. The van der Waals surface area contributed by atoms with Crippen molar-refractivity contribution in [2.45, 2.75) is 25.8 Å². The molecule has 3 N–H and O–H groups in total. The fourth-order valence-corrected chi connectivity index (χ4v) is 2.48. The molecule has 1 aromatic carbocycles. The molecule has 0 fully saturated rings. The molecule has 0 spiro atoms. The predicted octanol–water partition coefficient (Wildman–Crippen LogP) is 2.59. The molecule has 0 aliphatic rings. The summed E-state index contributed by atoms with van der Waals surface area (Å²) in [6.45, 7) is 2.01. The van der Waals surface area contributed by atoms with Gasteiger partial charge in [0, 0.05) is 5.38 Å². The van der Waals surface area contributed by atoms with Crippen molar-refractivity contribution in [2.75, 3.05) is 0 Å². The minimum Gasteiger partial charge on any atom is -0.271 e. The Labute approximate surface area is 106 Å². The number of nitrogens with zero attached hydrogens (tertiary/aromatic N) is 1. The van der Waals surface area contributed by atoms with E-state index in [1.807, 2.05) is 13.0 Å². The van der Waals surface area contributed by atoms with Gasteiger partial charge < -0.3 is 0 Å². The number of hydrogen-bond donors (Lipinski definition) is 2. The molecule has 0 aliphatic heterocycles. The molecule has 0 bridgehead atoms. The lowest BCUT2D eigenvalue weighted by molar-refractivity contribution is 0.506. The lowest BCUT2D eigenvalue weighted by atomic mass is 10.0. The summed E-state index contributed by atoms with van der Waals surface area (Å²) < 4.78 is 0. The van der Waals surface area contributed by atoms with Crippen molar-refractivity contribution in [3.05, 3.63) is 52.0 Å². The SMILES string of the molecule is Cc1nc(C(CCc2ccccc2)NN)cs1. The van der Waals surface area contributed by atoms with E-state index in [2.05, 4.69) is 40.1 Å². The number of thiazole rings is 1. The highest BCUT2D eigenvalue weighted by Crippen LogP contribution is 2.20. The van der Waals surface area contributed by atoms with Gasteiger partial charge in [-0.05, 0) is 25.3 Å². The second kappa shape index (κ2) is 5.91. The quantitative estimate of drug-likeness (QED) is 0.630. The van der Waals surface area contributed by atoms with Gasteiger partial charge in [0.2, 0.25) is 0 Å². The lowest BCUT2D eigenvalue weighted by Gasteiger charge is -2.13. The van der Waals surface area contributed by atoms with E-state index in [1.165, 1.54) is 5.56 Å². The number of rotatable bonds is 5. The molecule has 1 unspecified atom stereocenters. The van der Waals surface area contributed by atoms with Crippen molar-refractivity contribution in [3.8, 4) is 0 Å². The monoisotopic (exact) mass is 247 g/mol. The molecule has 17 heavy (non-hydrogen) atoms. The van der Waals surface area contributed by atoms with Crippen LogP contribution in [-0.4, -0.2) is 4.98 Å². The summed E-state index contributed by atoms with van der Waals surface area (Å²) >= 11 is 1.66. The predicted molar refractivity (Wildman–Crippen MR) is 71.7 cm³/mol. The number of aryl methyl sites for hydroxylation is 2. The van der Waals surface area contributed by atoms with E-state index in [4.69, 9.17) is 5.84 Å². The van der Waals surface area contributed by atoms with Gasteiger partial charge in [-0.15, -0.1) is 11.3 Å². The Balaban J connectivity index is 1.97. The minimum absolute atomic E-state index is 0.139. The van der Waals surface area contributed by atoms with Crippen molar-refractivity contribution >= 4 is 11.3 Å². The molecule has 0 saturated carbocycles. The van der Waals surface area contributed by atoms with Gasteiger partial charge in [0.25, 0.3) is 0 Å². The van der Waals surface area contributed by atoms with Crippen LogP contribution in [0.2, 0.25) is 0 Å². The van der Waals surface area contributed by atoms with E-state index in [9.17, 15) is 0 Å². The maximum absolute atomic E-state index is 5.59. The highest BCUT2D eigenvalue weighted by atomic mass is 32.1. The normalized spacial score (nSPS) is 12.6. The molecular weight excluding hydrogens is 230 g/mol. The maximum atomic E-state index is 5.59. The van der Waals surface area contributed by atoms with Crippen molar-refractivity contribution in [1.82, 2.24) is 10.4 Å². The molecule has 0 radical (unpaired) electrons. The van der Waals surface area contributed by atoms with Gasteiger partial charge in [-0.2, -0.15) is 0 Å². The zero-order valence-electron chi connectivity index (χ0n) is 9.89. The summed E-state index contributed by atoms with van der Waals surface area (Å²) in [5, 5.41) is 3.16. The largest absolute Gasteiger partial charge is 0.271 e. The molecule has 3 nitrogen and oxygen atoms in total. The Bertz CT molecular complexity index is 453. The van der Waals surface area contributed by atoms with Gasteiger partial charge in [-0.1, -0.05) is 30.3 Å². The minimum atomic E-state index is 0.139. The molecule has 1 atom stereocenters. The van der Waals surface area contributed by atoms with Gasteiger partial charge in [0.05, 0.1) is 16.7 Å². The number of aromatic nitrogens is 1. The summed E-state index contributed by atoms with van der Waals surface area (Å²) in [6.07, 6.45) is 1.97. The number of benzene rings is 1. The zero-order valence-corrected chi connectivity index (χ0v) is 10.7. The first-order chi connectivity index (χ1) is 8.29. The molecule has 2 rings (SSSR count). The Morgan fingerprint density at radius 3 is 2.71 bits per heavy atom. The average Bonchev–Trinajstić information content (AvgIpc) is 2.78. The Morgan fingerprint density at radius 1 is 1.35 bits per heavy atom. The fourth-order valence-electron chi connectivity index (χ4n) is 1.81. The number of hydrogen-bond acceptors (Lipinski definition) is 4. The average molecular weight is 247 g/mol. The molecule has 2 aromatic rings. The third kappa shape index (κ3) is 3.36. The van der Waals surface area contributed by atoms with Gasteiger partial charge in [-0.3, -0.25) is 11.3 Å².